The molecule has 1 saturated carbocycles. The maximum Gasteiger partial charge on any atom is 0.322 e. The third-order valence-electron chi connectivity index (χ3n) is 3.10. The largest absolute Gasteiger partial charge is 0.467 e. The van der Waals surface area contributed by atoms with E-state index in [4.69, 9.17) is 16.3 Å². The molecule has 5 nitrogen and oxygen atoms in total. The molecule has 1 aromatic carbocycles. The van der Waals surface area contributed by atoms with E-state index < -0.39 is 0 Å². The number of halogens is 1. The molecule has 19 heavy (non-hydrogen) atoms. The van der Waals surface area contributed by atoms with Crippen LogP contribution in [0.1, 0.15) is 17.9 Å². The van der Waals surface area contributed by atoms with Gasteiger partial charge in [-0.1, -0.05) is 30.3 Å². The van der Waals surface area contributed by atoms with E-state index in [2.05, 4.69) is 32.4 Å². The Balaban J connectivity index is 1.69. The van der Waals surface area contributed by atoms with Crippen molar-refractivity contribution in [3.8, 4) is 6.01 Å². The predicted molar refractivity (Wildman–Crippen MR) is 72.6 cm³/mol. The zero-order valence-corrected chi connectivity index (χ0v) is 11.1. The summed E-state index contributed by atoms with van der Waals surface area (Å²) >= 11 is 5.80. The molecule has 2 aromatic rings. The van der Waals surface area contributed by atoms with Gasteiger partial charge in [-0.3, -0.25) is 0 Å². The van der Waals surface area contributed by atoms with E-state index in [0.29, 0.717) is 17.9 Å². The molecular formula is C13H13ClN4O. The summed E-state index contributed by atoms with van der Waals surface area (Å²) in [6.45, 7) is 0. The van der Waals surface area contributed by atoms with E-state index in [-0.39, 0.29) is 11.3 Å². The van der Waals surface area contributed by atoms with Crippen molar-refractivity contribution < 1.29 is 4.74 Å². The van der Waals surface area contributed by atoms with E-state index in [0.717, 1.165) is 6.42 Å². The number of hydrogen-bond acceptors (Lipinski definition) is 5. The fourth-order valence-corrected chi connectivity index (χ4v) is 2.23. The fraction of sp³-hybridized carbons (Fsp3) is 0.308. The Morgan fingerprint density at radius 3 is 2.74 bits per heavy atom. The second kappa shape index (κ2) is 5.01. The van der Waals surface area contributed by atoms with Gasteiger partial charge in [0.25, 0.3) is 0 Å². The summed E-state index contributed by atoms with van der Waals surface area (Å²) in [5.41, 5.74) is 1.33. The third-order valence-corrected chi connectivity index (χ3v) is 3.27. The van der Waals surface area contributed by atoms with Crippen molar-refractivity contribution in [3.63, 3.8) is 0 Å². The number of ether oxygens (including phenoxy) is 1. The van der Waals surface area contributed by atoms with Crippen molar-refractivity contribution in [1.82, 2.24) is 15.0 Å². The summed E-state index contributed by atoms with van der Waals surface area (Å²) < 4.78 is 4.96. The Labute approximate surface area is 116 Å². The van der Waals surface area contributed by atoms with Crippen LogP contribution in [0.3, 0.4) is 0 Å². The molecule has 1 aliphatic rings. The Hall–Kier alpha value is -1.88. The molecule has 0 saturated heterocycles. The quantitative estimate of drug-likeness (QED) is 0.930. The maximum absolute atomic E-state index is 5.80. The molecule has 1 heterocycles. The summed E-state index contributed by atoms with van der Waals surface area (Å²) in [7, 11) is 1.50. The van der Waals surface area contributed by atoms with Gasteiger partial charge in [0.2, 0.25) is 11.2 Å². The van der Waals surface area contributed by atoms with Crippen LogP contribution in [0.25, 0.3) is 0 Å². The van der Waals surface area contributed by atoms with Crippen LogP contribution in [0.2, 0.25) is 5.28 Å². The molecule has 0 aliphatic heterocycles. The first-order chi connectivity index (χ1) is 9.26. The summed E-state index contributed by atoms with van der Waals surface area (Å²) in [6.07, 6.45) is 1.07. The number of hydrogen-bond donors (Lipinski definition) is 1. The third kappa shape index (κ3) is 2.76. The molecular weight excluding hydrogens is 264 g/mol. The van der Waals surface area contributed by atoms with Crippen molar-refractivity contribution in [1.29, 1.82) is 0 Å². The summed E-state index contributed by atoms with van der Waals surface area (Å²) in [5.74, 6) is 0.961. The summed E-state index contributed by atoms with van der Waals surface area (Å²) in [4.78, 5) is 12.0. The molecule has 1 aliphatic carbocycles. The van der Waals surface area contributed by atoms with Crippen LogP contribution in [-0.2, 0) is 0 Å². The van der Waals surface area contributed by atoms with Crippen LogP contribution in [0.15, 0.2) is 30.3 Å². The zero-order valence-electron chi connectivity index (χ0n) is 10.4. The molecule has 3 rings (SSSR count). The van der Waals surface area contributed by atoms with E-state index in [1.54, 1.807) is 0 Å². The SMILES string of the molecule is COc1nc(Cl)nc(NC2CC2c2ccccc2)n1. The average Bonchev–Trinajstić information content (AvgIpc) is 3.18. The van der Waals surface area contributed by atoms with Gasteiger partial charge >= 0.3 is 6.01 Å². The topological polar surface area (TPSA) is 59.9 Å². The highest BCUT2D eigenvalue weighted by molar-refractivity contribution is 6.28. The lowest BCUT2D eigenvalue weighted by Gasteiger charge is -2.05. The molecule has 98 valence electrons. The molecule has 0 bridgehead atoms. The van der Waals surface area contributed by atoms with Crippen molar-refractivity contribution in [2.24, 2.45) is 0 Å². The van der Waals surface area contributed by atoms with Crippen molar-refractivity contribution in [2.75, 3.05) is 12.4 Å². The van der Waals surface area contributed by atoms with Gasteiger partial charge in [-0.05, 0) is 23.6 Å². The molecule has 6 heteroatoms. The first-order valence-corrected chi connectivity index (χ1v) is 6.41. The predicted octanol–water partition coefficient (Wildman–Crippen LogP) is 2.50. The van der Waals surface area contributed by atoms with Crippen LogP contribution >= 0.6 is 11.6 Å². The van der Waals surface area contributed by atoms with Crippen molar-refractivity contribution in [3.05, 3.63) is 41.2 Å². The highest BCUT2D eigenvalue weighted by atomic mass is 35.5. The minimum absolute atomic E-state index is 0.131. The van der Waals surface area contributed by atoms with Gasteiger partial charge in [0, 0.05) is 12.0 Å². The van der Waals surface area contributed by atoms with E-state index in [1.165, 1.54) is 12.7 Å². The summed E-state index contributed by atoms with van der Waals surface area (Å²) in [5, 5.41) is 3.38. The van der Waals surface area contributed by atoms with Crippen LogP contribution in [0, 0.1) is 0 Å². The number of rotatable bonds is 4. The average molecular weight is 277 g/mol. The highest BCUT2D eigenvalue weighted by Crippen LogP contribution is 2.42. The van der Waals surface area contributed by atoms with Gasteiger partial charge < -0.3 is 10.1 Å². The number of anilines is 1. The Kier molecular flexibility index (Phi) is 3.21. The molecule has 0 amide bonds. The van der Waals surface area contributed by atoms with Crippen LogP contribution in [0.5, 0.6) is 6.01 Å². The normalized spacial score (nSPS) is 20.9. The second-order valence-corrected chi connectivity index (χ2v) is 4.76. The Morgan fingerprint density at radius 1 is 1.21 bits per heavy atom. The Bertz CT molecular complexity index is 578. The lowest BCUT2D eigenvalue weighted by Crippen LogP contribution is -2.09. The molecule has 0 radical (unpaired) electrons. The van der Waals surface area contributed by atoms with Crippen molar-refractivity contribution >= 4 is 17.5 Å². The monoisotopic (exact) mass is 276 g/mol. The Morgan fingerprint density at radius 2 is 2.00 bits per heavy atom. The number of benzene rings is 1. The van der Waals surface area contributed by atoms with Gasteiger partial charge in [0.1, 0.15) is 0 Å². The maximum atomic E-state index is 5.80. The second-order valence-electron chi connectivity index (χ2n) is 4.42. The fourth-order valence-electron chi connectivity index (χ4n) is 2.08. The molecule has 1 fully saturated rings. The molecule has 2 unspecified atom stereocenters. The summed E-state index contributed by atoms with van der Waals surface area (Å²) in [6, 6.07) is 10.9. The van der Waals surface area contributed by atoms with E-state index in [9.17, 15) is 0 Å². The number of nitrogens with one attached hydrogen (secondary N) is 1. The minimum Gasteiger partial charge on any atom is -0.467 e. The van der Waals surface area contributed by atoms with Crippen LogP contribution in [-0.4, -0.2) is 28.1 Å². The van der Waals surface area contributed by atoms with Gasteiger partial charge in [0.15, 0.2) is 0 Å². The zero-order chi connectivity index (χ0) is 13.2. The van der Waals surface area contributed by atoms with Crippen molar-refractivity contribution in [2.45, 2.75) is 18.4 Å². The number of nitrogens with zero attached hydrogens (tertiary/aromatic N) is 3. The standard InChI is InChI=1S/C13H13ClN4O/c1-19-13-17-11(14)16-12(18-13)15-10-7-9(10)8-5-3-2-4-6-8/h2-6,9-10H,7H2,1H3,(H,15,16,17,18). The lowest BCUT2D eigenvalue weighted by atomic mass is 10.1. The minimum atomic E-state index is 0.131. The van der Waals surface area contributed by atoms with Crippen LogP contribution < -0.4 is 10.1 Å². The number of aromatic nitrogens is 3. The van der Waals surface area contributed by atoms with Gasteiger partial charge in [-0.15, -0.1) is 0 Å². The van der Waals surface area contributed by atoms with Crippen LogP contribution in [0.4, 0.5) is 5.95 Å². The van der Waals surface area contributed by atoms with Gasteiger partial charge in [-0.25, -0.2) is 0 Å². The van der Waals surface area contributed by atoms with Gasteiger partial charge in [-0.2, -0.15) is 15.0 Å². The first-order valence-electron chi connectivity index (χ1n) is 6.03. The smallest absolute Gasteiger partial charge is 0.322 e. The van der Waals surface area contributed by atoms with E-state index >= 15 is 0 Å². The highest BCUT2D eigenvalue weighted by Gasteiger charge is 2.38. The first kappa shape index (κ1) is 12.2. The molecule has 0 spiro atoms. The van der Waals surface area contributed by atoms with E-state index in [1.807, 2.05) is 18.2 Å². The lowest BCUT2D eigenvalue weighted by molar-refractivity contribution is 0.379. The number of methoxy groups -OCH3 is 1. The molecule has 1 aromatic heterocycles. The van der Waals surface area contributed by atoms with Gasteiger partial charge in [0.05, 0.1) is 7.11 Å². The molecule has 1 N–H and O–H groups in total. The molecule has 2 atom stereocenters.